The van der Waals surface area contributed by atoms with Gasteiger partial charge in [0.25, 0.3) is 5.91 Å². The molecular weight excluding hydrogens is 495 g/mol. The van der Waals surface area contributed by atoms with Gasteiger partial charge in [-0.25, -0.2) is 13.9 Å². The molecule has 1 fully saturated rings. The normalized spacial score (nSPS) is 18.1. The number of rotatable bonds is 4. The quantitative estimate of drug-likeness (QED) is 0.420. The Hall–Kier alpha value is -3.82. The fourth-order valence-electron chi connectivity index (χ4n) is 5.17. The van der Waals surface area contributed by atoms with E-state index in [9.17, 15) is 14.0 Å². The van der Waals surface area contributed by atoms with Crippen LogP contribution >= 0.6 is 11.6 Å². The highest BCUT2D eigenvalue weighted by molar-refractivity contribution is 6.31. The smallest absolute Gasteiger partial charge is 0.252 e. The van der Waals surface area contributed by atoms with Crippen LogP contribution in [-0.2, 0) is 4.79 Å². The molecule has 37 heavy (non-hydrogen) atoms. The topological polar surface area (TPSA) is 91.6 Å². The number of pyridine rings is 1. The van der Waals surface area contributed by atoms with E-state index >= 15 is 0 Å². The lowest BCUT2D eigenvalue weighted by molar-refractivity contribution is -0.121. The van der Waals surface area contributed by atoms with Gasteiger partial charge in [0.1, 0.15) is 12.1 Å². The highest BCUT2D eigenvalue weighted by atomic mass is 35.5. The van der Waals surface area contributed by atoms with Gasteiger partial charge in [0.15, 0.2) is 5.65 Å². The Bertz CT molecular complexity index is 1550. The summed E-state index contributed by atoms with van der Waals surface area (Å²) in [6, 6.07) is 10.7. The third-order valence-electron chi connectivity index (χ3n) is 7.21. The number of likely N-dealkylation sites (tertiary alicyclic amines) is 1. The van der Waals surface area contributed by atoms with Crippen molar-refractivity contribution in [2.75, 3.05) is 25.5 Å². The highest BCUT2D eigenvalue weighted by Crippen LogP contribution is 2.42. The molecule has 2 aliphatic heterocycles. The maximum Gasteiger partial charge on any atom is 0.252 e. The van der Waals surface area contributed by atoms with E-state index in [1.807, 2.05) is 31.4 Å². The molecule has 2 amide bonds. The average Bonchev–Trinajstić information content (AvgIpc) is 3.50. The molecule has 0 aliphatic carbocycles. The van der Waals surface area contributed by atoms with Crippen LogP contribution in [0, 0.1) is 11.7 Å². The molecule has 8 nitrogen and oxygen atoms in total. The Labute approximate surface area is 217 Å². The molecule has 0 radical (unpaired) electrons. The van der Waals surface area contributed by atoms with Gasteiger partial charge in [-0.2, -0.15) is 5.10 Å². The second-order valence-corrected chi connectivity index (χ2v) is 10.0. The molecule has 188 valence electrons. The number of hydrogen-bond acceptors (Lipinski definition) is 5. The van der Waals surface area contributed by atoms with Gasteiger partial charge < -0.3 is 15.5 Å². The fraction of sp³-hybridized carbons (Fsp3) is 0.259. The summed E-state index contributed by atoms with van der Waals surface area (Å²) in [5.74, 6) is -1.01. The van der Waals surface area contributed by atoms with Gasteiger partial charge >= 0.3 is 0 Å². The van der Waals surface area contributed by atoms with E-state index in [4.69, 9.17) is 11.6 Å². The molecular formula is C27H24ClFN6O2. The van der Waals surface area contributed by atoms with Crippen LogP contribution in [0.5, 0.6) is 0 Å². The number of amides is 2. The van der Waals surface area contributed by atoms with E-state index in [-0.39, 0.29) is 17.7 Å². The summed E-state index contributed by atoms with van der Waals surface area (Å²) in [6.07, 6.45) is 4.79. The van der Waals surface area contributed by atoms with Crippen molar-refractivity contribution in [2.45, 2.75) is 18.9 Å². The molecule has 1 saturated heterocycles. The van der Waals surface area contributed by atoms with Crippen molar-refractivity contribution in [2.24, 2.45) is 5.92 Å². The number of carbonyl (C=O) groups is 2. The van der Waals surface area contributed by atoms with E-state index in [1.165, 1.54) is 24.5 Å². The minimum atomic E-state index is -0.703. The van der Waals surface area contributed by atoms with Crippen LogP contribution in [0.2, 0.25) is 5.02 Å². The van der Waals surface area contributed by atoms with Crippen molar-refractivity contribution >= 4 is 34.7 Å². The van der Waals surface area contributed by atoms with Gasteiger partial charge in [-0.15, -0.1) is 0 Å². The number of carbonyl (C=O) groups excluding carboxylic acids is 2. The molecule has 0 saturated carbocycles. The second-order valence-electron chi connectivity index (χ2n) is 9.60. The number of nitrogens with zero attached hydrogens (tertiary/aromatic N) is 4. The predicted molar refractivity (Wildman–Crippen MR) is 138 cm³/mol. The van der Waals surface area contributed by atoms with Crippen molar-refractivity contribution in [3.8, 4) is 11.1 Å². The van der Waals surface area contributed by atoms with Crippen molar-refractivity contribution in [3.63, 3.8) is 0 Å². The first kappa shape index (κ1) is 23.6. The fourth-order valence-corrected chi connectivity index (χ4v) is 5.39. The predicted octanol–water partition coefficient (Wildman–Crippen LogP) is 4.30. The van der Waals surface area contributed by atoms with E-state index in [0.717, 1.165) is 37.1 Å². The van der Waals surface area contributed by atoms with Gasteiger partial charge in [0.2, 0.25) is 5.91 Å². The third kappa shape index (κ3) is 4.34. The van der Waals surface area contributed by atoms with Crippen LogP contribution in [0.4, 0.5) is 10.1 Å². The molecule has 6 rings (SSSR count). The van der Waals surface area contributed by atoms with Crippen LogP contribution in [0.1, 0.15) is 40.4 Å². The summed E-state index contributed by atoms with van der Waals surface area (Å²) in [5.41, 5.74) is 4.13. The highest BCUT2D eigenvalue weighted by Gasteiger charge is 2.35. The van der Waals surface area contributed by atoms with Crippen LogP contribution in [0.3, 0.4) is 0 Å². The lowest BCUT2D eigenvalue weighted by Crippen LogP contribution is -2.36. The Balaban J connectivity index is 1.47. The largest absolute Gasteiger partial charge is 0.341 e. The number of fused-ring (bicyclic) bond motifs is 2. The molecule has 4 aromatic rings. The monoisotopic (exact) mass is 518 g/mol. The minimum Gasteiger partial charge on any atom is -0.341 e. The Morgan fingerprint density at radius 3 is 2.76 bits per heavy atom. The summed E-state index contributed by atoms with van der Waals surface area (Å²) in [7, 11) is 2.04. The van der Waals surface area contributed by atoms with E-state index in [0.29, 0.717) is 33.0 Å². The van der Waals surface area contributed by atoms with Crippen molar-refractivity contribution < 1.29 is 14.0 Å². The lowest BCUT2D eigenvalue weighted by atomic mass is 9.92. The number of aromatic nitrogens is 3. The standard InChI is InChI=1S/C27H24ClFN6O2/c1-34-8-6-15(7-9-34)26(36)32-22-11-17(16-2-5-23-30-14-31-35(23)13-16)10-20-24(22)25(33-27(20)37)19-12-18(29)3-4-21(19)28/h2-5,10-15,25H,6-9H2,1H3,(H,32,36)(H,33,37). The number of anilines is 1. The van der Waals surface area contributed by atoms with Crippen molar-refractivity contribution in [1.82, 2.24) is 24.8 Å². The molecule has 1 unspecified atom stereocenters. The zero-order valence-corrected chi connectivity index (χ0v) is 20.8. The van der Waals surface area contributed by atoms with Crippen LogP contribution < -0.4 is 10.6 Å². The number of halogens is 2. The first-order valence-electron chi connectivity index (χ1n) is 12.1. The zero-order chi connectivity index (χ0) is 25.7. The van der Waals surface area contributed by atoms with E-state index in [2.05, 4.69) is 25.6 Å². The Kier molecular flexibility index (Phi) is 5.89. The number of benzene rings is 2. The molecule has 0 bridgehead atoms. The van der Waals surface area contributed by atoms with Gasteiger partial charge in [0.05, 0.1) is 6.04 Å². The van der Waals surface area contributed by atoms with Gasteiger partial charge in [-0.1, -0.05) is 11.6 Å². The third-order valence-corrected chi connectivity index (χ3v) is 7.56. The van der Waals surface area contributed by atoms with Crippen LogP contribution in [-0.4, -0.2) is 51.4 Å². The summed E-state index contributed by atoms with van der Waals surface area (Å²) in [6.45, 7) is 1.69. The Morgan fingerprint density at radius 1 is 1.14 bits per heavy atom. The molecule has 2 N–H and O–H groups in total. The Morgan fingerprint density at radius 2 is 1.95 bits per heavy atom. The number of nitrogens with one attached hydrogen (secondary N) is 2. The van der Waals surface area contributed by atoms with Crippen molar-refractivity contribution in [3.05, 3.63) is 82.5 Å². The maximum absolute atomic E-state index is 14.2. The molecule has 2 aromatic heterocycles. The van der Waals surface area contributed by atoms with Gasteiger partial charge in [-0.3, -0.25) is 9.59 Å². The summed E-state index contributed by atoms with van der Waals surface area (Å²) in [5, 5.41) is 10.6. The van der Waals surface area contributed by atoms with E-state index in [1.54, 1.807) is 10.6 Å². The van der Waals surface area contributed by atoms with Crippen LogP contribution in [0.15, 0.2) is 55.0 Å². The maximum atomic E-state index is 14.2. The minimum absolute atomic E-state index is 0.0948. The number of hydrogen-bond donors (Lipinski definition) is 2. The van der Waals surface area contributed by atoms with E-state index < -0.39 is 11.9 Å². The first-order valence-corrected chi connectivity index (χ1v) is 12.5. The molecule has 0 spiro atoms. The number of piperidine rings is 1. The summed E-state index contributed by atoms with van der Waals surface area (Å²) in [4.78, 5) is 32.9. The average molecular weight is 519 g/mol. The van der Waals surface area contributed by atoms with Gasteiger partial charge in [0, 0.05) is 45.1 Å². The second kappa shape index (κ2) is 9.24. The molecule has 1 atom stereocenters. The zero-order valence-electron chi connectivity index (χ0n) is 20.0. The molecule has 2 aromatic carbocycles. The summed E-state index contributed by atoms with van der Waals surface area (Å²) < 4.78 is 15.8. The summed E-state index contributed by atoms with van der Waals surface area (Å²) >= 11 is 6.43. The van der Waals surface area contributed by atoms with Crippen molar-refractivity contribution in [1.29, 1.82) is 0 Å². The molecule has 4 heterocycles. The molecule has 10 heteroatoms. The van der Waals surface area contributed by atoms with Gasteiger partial charge in [-0.05, 0) is 81.0 Å². The lowest BCUT2D eigenvalue weighted by Gasteiger charge is -2.28. The SMILES string of the molecule is CN1CCC(C(=O)Nc2cc(-c3ccc4ncnn4c3)cc3c2C(c2cc(F)ccc2Cl)NC3=O)CC1. The van der Waals surface area contributed by atoms with Crippen LogP contribution in [0.25, 0.3) is 16.8 Å². The first-order chi connectivity index (χ1) is 17.9. The molecule has 2 aliphatic rings.